The van der Waals surface area contributed by atoms with Crippen LogP contribution in [0.25, 0.3) is 0 Å². The highest BCUT2D eigenvalue weighted by atomic mass is 32.2. The lowest BCUT2D eigenvalue weighted by molar-refractivity contribution is 0.230. The molecule has 0 aromatic heterocycles. The maximum Gasteiger partial charge on any atom is 0.321 e. The zero-order chi connectivity index (χ0) is 12.8. The molecule has 94 valence electrons. The summed E-state index contributed by atoms with van der Waals surface area (Å²) in [6, 6.07) is 5.54. The lowest BCUT2D eigenvalue weighted by atomic mass is 10.3. The minimum Gasteiger partial charge on any atom is -0.397 e. The second-order valence-corrected chi connectivity index (χ2v) is 5.09. The molecule has 1 rings (SSSR count). The number of hydrogen-bond acceptors (Lipinski definition) is 3. The second-order valence-electron chi connectivity index (χ2n) is 3.92. The maximum absolute atomic E-state index is 11.5. The van der Waals surface area contributed by atoms with Gasteiger partial charge < -0.3 is 16.0 Å². The molecule has 0 saturated carbocycles. The summed E-state index contributed by atoms with van der Waals surface area (Å²) in [6.07, 6.45) is 1.12. The first kappa shape index (κ1) is 13.7. The van der Waals surface area contributed by atoms with Gasteiger partial charge in [-0.15, -0.1) is 11.8 Å². The molecule has 0 aliphatic carbocycles. The molecule has 0 fully saturated rings. The number of thioether (sulfide) groups is 1. The molecule has 4 nitrogen and oxygen atoms in total. The number of hydrogen-bond donors (Lipinski definition) is 2. The average molecular weight is 253 g/mol. The molecule has 0 saturated heterocycles. The van der Waals surface area contributed by atoms with Crippen molar-refractivity contribution in [1.29, 1.82) is 0 Å². The third kappa shape index (κ3) is 4.19. The molecule has 0 aliphatic rings. The minimum absolute atomic E-state index is 0.172. The fourth-order valence-corrected chi connectivity index (χ4v) is 1.99. The average Bonchev–Trinajstić information content (AvgIpc) is 2.29. The van der Waals surface area contributed by atoms with E-state index >= 15 is 0 Å². The molecule has 0 unspecified atom stereocenters. The Bertz CT molecular complexity index is 393. The highest BCUT2D eigenvalue weighted by Gasteiger charge is 2.07. The van der Waals surface area contributed by atoms with Gasteiger partial charge in [0.05, 0.1) is 11.4 Å². The lowest BCUT2D eigenvalue weighted by Gasteiger charge is -2.14. The Kier molecular flexibility index (Phi) is 5.15. The van der Waals surface area contributed by atoms with E-state index in [1.165, 1.54) is 4.90 Å². The summed E-state index contributed by atoms with van der Waals surface area (Å²) in [5, 5.41) is 2.78. The van der Waals surface area contributed by atoms with Crippen LogP contribution in [0.15, 0.2) is 23.1 Å². The number of anilines is 2. The predicted molar refractivity (Wildman–Crippen MR) is 74.6 cm³/mol. The van der Waals surface area contributed by atoms with Crippen LogP contribution in [0.1, 0.15) is 13.3 Å². The SMILES string of the molecule is CCCSc1ccc(N)c(NC(=O)N(C)C)c1. The molecule has 0 atom stereocenters. The van der Waals surface area contributed by atoms with E-state index in [0.717, 1.165) is 17.1 Å². The fraction of sp³-hybridized carbons (Fsp3) is 0.417. The monoisotopic (exact) mass is 253 g/mol. The van der Waals surface area contributed by atoms with Gasteiger partial charge >= 0.3 is 6.03 Å². The predicted octanol–water partition coefficient (Wildman–Crippen LogP) is 2.86. The topological polar surface area (TPSA) is 58.4 Å². The smallest absolute Gasteiger partial charge is 0.321 e. The van der Waals surface area contributed by atoms with Gasteiger partial charge in [-0.05, 0) is 30.4 Å². The molecule has 5 heteroatoms. The number of urea groups is 1. The van der Waals surface area contributed by atoms with E-state index in [2.05, 4.69) is 12.2 Å². The van der Waals surface area contributed by atoms with Gasteiger partial charge in [0.2, 0.25) is 0 Å². The summed E-state index contributed by atoms with van der Waals surface area (Å²) in [7, 11) is 3.39. The van der Waals surface area contributed by atoms with E-state index in [1.807, 2.05) is 18.2 Å². The van der Waals surface area contributed by atoms with Gasteiger partial charge in [-0.3, -0.25) is 0 Å². The van der Waals surface area contributed by atoms with Crippen LogP contribution >= 0.6 is 11.8 Å². The number of nitrogens with one attached hydrogen (secondary N) is 1. The van der Waals surface area contributed by atoms with Crippen molar-refractivity contribution in [3.8, 4) is 0 Å². The van der Waals surface area contributed by atoms with Crippen LogP contribution in [0, 0.1) is 0 Å². The number of nitrogens with zero attached hydrogens (tertiary/aromatic N) is 1. The van der Waals surface area contributed by atoms with Crippen LogP contribution in [-0.2, 0) is 0 Å². The van der Waals surface area contributed by atoms with E-state index in [9.17, 15) is 4.79 Å². The quantitative estimate of drug-likeness (QED) is 0.641. The Morgan fingerprint density at radius 2 is 2.18 bits per heavy atom. The Morgan fingerprint density at radius 1 is 1.47 bits per heavy atom. The number of amides is 2. The summed E-state index contributed by atoms with van der Waals surface area (Å²) in [4.78, 5) is 14.1. The zero-order valence-corrected chi connectivity index (χ0v) is 11.3. The highest BCUT2D eigenvalue weighted by molar-refractivity contribution is 7.99. The number of nitrogen functional groups attached to an aromatic ring is 1. The Balaban J connectivity index is 2.79. The van der Waals surface area contributed by atoms with Crippen LogP contribution in [0.2, 0.25) is 0 Å². The zero-order valence-electron chi connectivity index (χ0n) is 10.5. The molecule has 3 N–H and O–H groups in total. The van der Waals surface area contributed by atoms with E-state index < -0.39 is 0 Å². The van der Waals surface area contributed by atoms with Crippen LogP contribution in [0.3, 0.4) is 0 Å². The van der Waals surface area contributed by atoms with E-state index in [1.54, 1.807) is 25.9 Å². The van der Waals surface area contributed by atoms with Crippen molar-refractivity contribution in [3.05, 3.63) is 18.2 Å². The first-order chi connectivity index (χ1) is 8.04. The summed E-state index contributed by atoms with van der Waals surface area (Å²) in [5.41, 5.74) is 7.08. The molecule has 2 amide bonds. The van der Waals surface area contributed by atoms with Crippen molar-refractivity contribution in [2.45, 2.75) is 18.2 Å². The molecule has 1 aromatic carbocycles. The Morgan fingerprint density at radius 3 is 2.76 bits per heavy atom. The molecule has 1 aromatic rings. The second kappa shape index (κ2) is 6.39. The molecular weight excluding hydrogens is 234 g/mol. The molecule has 0 aliphatic heterocycles. The number of benzene rings is 1. The minimum atomic E-state index is -0.172. The number of rotatable bonds is 4. The molecule has 0 radical (unpaired) electrons. The lowest BCUT2D eigenvalue weighted by Crippen LogP contribution is -2.27. The summed E-state index contributed by atoms with van der Waals surface area (Å²) in [6.45, 7) is 2.14. The Labute approximate surface area is 107 Å². The molecule has 0 spiro atoms. The van der Waals surface area contributed by atoms with Crippen molar-refractivity contribution < 1.29 is 4.79 Å². The van der Waals surface area contributed by atoms with Gasteiger partial charge in [0, 0.05) is 19.0 Å². The van der Waals surface area contributed by atoms with Gasteiger partial charge in [0.15, 0.2) is 0 Å². The third-order valence-electron chi connectivity index (χ3n) is 2.15. The van der Waals surface area contributed by atoms with Gasteiger partial charge in [-0.2, -0.15) is 0 Å². The number of carbonyl (C=O) groups excluding carboxylic acids is 1. The highest BCUT2D eigenvalue weighted by Crippen LogP contribution is 2.27. The third-order valence-corrected chi connectivity index (χ3v) is 3.35. The fourth-order valence-electron chi connectivity index (χ4n) is 1.18. The standard InChI is InChI=1S/C12H19N3OS/c1-4-7-17-9-5-6-10(13)11(8-9)14-12(16)15(2)3/h5-6,8H,4,7,13H2,1-3H3,(H,14,16). The van der Waals surface area contributed by atoms with Crippen LogP contribution < -0.4 is 11.1 Å². The number of nitrogens with two attached hydrogens (primary N) is 1. The van der Waals surface area contributed by atoms with Gasteiger partial charge in [-0.1, -0.05) is 6.92 Å². The van der Waals surface area contributed by atoms with E-state index in [0.29, 0.717) is 11.4 Å². The number of carbonyl (C=O) groups is 1. The Hall–Kier alpha value is -1.36. The van der Waals surface area contributed by atoms with Crippen LogP contribution in [-0.4, -0.2) is 30.8 Å². The van der Waals surface area contributed by atoms with Crippen molar-refractivity contribution in [2.24, 2.45) is 0 Å². The van der Waals surface area contributed by atoms with Gasteiger partial charge in [0.1, 0.15) is 0 Å². The summed E-state index contributed by atoms with van der Waals surface area (Å²) < 4.78 is 0. The van der Waals surface area contributed by atoms with E-state index in [4.69, 9.17) is 5.73 Å². The van der Waals surface area contributed by atoms with Crippen LogP contribution in [0.4, 0.5) is 16.2 Å². The van der Waals surface area contributed by atoms with Crippen molar-refractivity contribution in [1.82, 2.24) is 4.90 Å². The molecular formula is C12H19N3OS. The summed E-state index contributed by atoms with van der Waals surface area (Å²) in [5.74, 6) is 1.06. The first-order valence-corrected chi connectivity index (χ1v) is 6.53. The van der Waals surface area contributed by atoms with Gasteiger partial charge in [0.25, 0.3) is 0 Å². The van der Waals surface area contributed by atoms with Crippen molar-refractivity contribution >= 4 is 29.2 Å². The molecule has 0 heterocycles. The first-order valence-electron chi connectivity index (χ1n) is 5.55. The van der Waals surface area contributed by atoms with Crippen molar-refractivity contribution in [2.75, 3.05) is 30.9 Å². The summed E-state index contributed by atoms with van der Waals surface area (Å²) >= 11 is 1.76. The molecule has 0 bridgehead atoms. The van der Waals surface area contributed by atoms with E-state index in [-0.39, 0.29) is 6.03 Å². The van der Waals surface area contributed by atoms with Crippen LogP contribution in [0.5, 0.6) is 0 Å². The largest absolute Gasteiger partial charge is 0.397 e. The van der Waals surface area contributed by atoms with Crippen molar-refractivity contribution in [3.63, 3.8) is 0 Å². The normalized spacial score (nSPS) is 10.1. The maximum atomic E-state index is 11.5. The van der Waals surface area contributed by atoms with Gasteiger partial charge in [-0.25, -0.2) is 4.79 Å². The molecule has 17 heavy (non-hydrogen) atoms.